The van der Waals surface area contributed by atoms with Crippen molar-refractivity contribution in [1.29, 1.82) is 0 Å². The molecular weight excluding hydrogens is 491 g/mol. The SMILES string of the molecule is CCCCCCCCCCCCCCC(N)CO[PH](=O)OCC(N)CCCCCCCCCCCCCC. The Bertz CT molecular complexity index is 442. The molecule has 2 atom stereocenters. The normalized spacial score (nSPS) is 14.1. The zero-order valence-electron chi connectivity index (χ0n) is 25.8. The molecule has 0 rings (SSSR count). The molecule has 0 bridgehead atoms. The van der Waals surface area contributed by atoms with Crippen molar-refractivity contribution in [2.75, 3.05) is 13.2 Å². The van der Waals surface area contributed by atoms with Crippen LogP contribution in [-0.4, -0.2) is 25.3 Å². The van der Waals surface area contributed by atoms with Gasteiger partial charge in [0.25, 0.3) is 0 Å². The van der Waals surface area contributed by atoms with Crippen molar-refractivity contribution < 1.29 is 13.6 Å². The molecule has 0 aromatic carbocycles. The van der Waals surface area contributed by atoms with Crippen molar-refractivity contribution in [3.63, 3.8) is 0 Å². The van der Waals surface area contributed by atoms with Crippen LogP contribution in [0.4, 0.5) is 0 Å². The van der Waals surface area contributed by atoms with E-state index in [9.17, 15) is 4.57 Å². The lowest BCUT2D eigenvalue weighted by Gasteiger charge is -2.14. The summed E-state index contributed by atoms with van der Waals surface area (Å²) in [7, 11) is -2.50. The van der Waals surface area contributed by atoms with Gasteiger partial charge in [-0.2, -0.15) is 0 Å². The summed E-state index contributed by atoms with van der Waals surface area (Å²) in [4.78, 5) is 0. The van der Waals surface area contributed by atoms with Crippen LogP contribution in [0.1, 0.15) is 181 Å². The fraction of sp³-hybridized carbons (Fsp3) is 1.00. The summed E-state index contributed by atoms with van der Waals surface area (Å²) in [5, 5.41) is 0. The average Bonchev–Trinajstić information content (AvgIpc) is 2.92. The summed E-state index contributed by atoms with van der Waals surface area (Å²) in [6.45, 7) is 5.16. The fourth-order valence-electron chi connectivity index (χ4n) is 5.05. The van der Waals surface area contributed by atoms with Crippen LogP contribution in [0.25, 0.3) is 0 Å². The highest BCUT2D eigenvalue weighted by Gasteiger charge is 2.09. The molecule has 0 spiro atoms. The first kappa shape index (κ1) is 38.1. The maximum Gasteiger partial charge on any atom is 0.319 e. The molecular formula is C32H69N2O3P. The number of nitrogens with two attached hydrogens (primary N) is 2. The van der Waals surface area contributed by atoms with Crippen LogP contribution in [-0.2, 0) is 13.6 Å². The molecule has 2 unspecified atom stereocenters. The molecule has 0 aliphatic rings. The van der Waals surface area contributed by atoms with Crippen LogP contribution < -0.4 is 11.5 Å². The van der Waals surface area contributed by atoms with Gasteiger partial charge in [-0.1, -0.05) is 168 Å². The summed E-state index contributed by atoms with van der Waals surface area (Å²) >= 11 is 0. The molecule has 0 radical (unpaired) electrons. The minimum absolute atomic E-state index is 0.0644. The van der Waals surface area contributed by atoms with E-state index in [1.807, 2.05) is 0 Å². The van der Waals surface area contributed by atoms with Crippen molar-refractivity contribution in [3.05, 3.63) is 0 Å². The monoisotopic (exact) mass is 561 g/mol. The maximum absolute atomic E-state index is 12.0. The Labute approximate surface area is 239 Å². The highest BCUT2D eigenvalue weighted by Crippen LogP contribution is 2.25. The number of rotatable bonds is 32. The summed E-state index contributed by atoms with van der Waals surface area (Å²) in [5.41, 5.74) is 12.3. The zero-order chi connectivity index (χ0) is 27.9. The zero-order valence-corrected chi connectivity index (χ0v) is 26.8. The maximum atomic E-state index is 12.0. The molecule has 0 amide bonds. The van der Waals surface area contributed by atoms with Crippen molar-refractivity contribution in [2.45, 2.75) is 193 Å². The molecule has 0 saturated carbocycles. The molecule has 5 nitrogen and oxygen atoms in total. The van der Waals surface area contributed by atoms with Gasteiger partial charge < -0.3 is 20.5 Å². The lowest BCUT2D eigenvalue weighted by Crippen LogP contribution is -2.26. The van der Waals surface area contributed by atoms with Crippen LogP contribution >= 0.6 is 8.25 Å². The quantitative estimate of drug-likeness (QED) is 0.0631. The average molecular weight is 561 g/mol. The Morgan fingerprint density at radius 1 is 0.447 bits per heavy atom. The highest BCUT2D eigenvalue weighted by molar-refractivity contribution is 7.33. The summed E-state index contributed by atoms with van der Waals surface area (Å²) < 4.78 is 22.8. The topological polar surface area (TPSA) is 87.6 Å². The van der Waals surface area contributed by atoms with E-state index in [0.717, 1.165) is 25.7 Å². The molecule has 0 aromatic rings. The second kappa shape index (κ2) is 31.6. The minimum Gasteiger partial charge on any atom is -0.326 e. The van der Waals surface area contributed by atoms with Crippen molar-refractivity contribution in [2.24, 2.45) is 11.5 Å². The molecule has 0 aliphatic heterocycles. The Hall–Kier alpha value is 0.0700. The van der Waals surface area contributed by atoms with Gasteiger partial charge in [0.05, 0.1) is 13.2 Å². The summed E-state index contributed by atoms with van der Waals surface area (Å²) in [6.07, 6.45) is 34.0. The van der Waals surface area contributed by atoms with Crippen molar-refractivity contribution in [3.8, 4) is 0 Å². The van der Waals surface area contributed by atoms with Gasteiger partial charge in [-0.05, 0) is 12.8 Å². The van der Waals surface area contributed by atoms with Crippen LogP contribution in [0.5, 0.6) is 0 Å². The number of unbranched alkanes of at least 4 members (excludes halogenated alkanes) is 22. The number of hydrogen-bond donors (Lipinski definition) is 2. The first-order valence-corrected chi connectivity index (χ1v) is 18.1. The predicted octanol–water partition coefficient (Wildman–Crippen LogP) is 10.2. The Balaban J connectivity index is 3.40. The molecule has 4 N–H and O–H groups in total. The largest absolute Gasteiger partial charge is 0.326 e. The van der Waals surface area contributed by atoms with E-state index < -0.39 is 8.25 Å². The van der Waals surface area contributed by atoms with Crippen LogP contribution in [0.3, 0.4) is 0 Å². The Morgan fingerprint density at radius 3 is 0.947 bits per heavy atom. The smallest absolute Gasteiger partial charge is 0.319 e. The molecule has 0 fully saturated rings. The third-order valence-electron chi connectivity index (χ3n) is 7.69. The lowest BCUT2D eigenvalue weighted by molar-refractivity contribution is 0.200. The molecule has 0 aromatic heterocycles. The van der Waals surface area contributed by atoms with Gasteiger partial charge in [-0.25, -0.2) is 0 Å². The van der Waals surface area contributed by atoms with Gasteiger partial charge in [0, 0.05) is 12.1 Å². The van der Waals surface area contributed by atoms with Crippen molar-refractivity contribution in [1.82, 2.24) is 0 Å². The van der Waals surface area contributed by atoms with E-state index in [0.29, 0.717) is 13.2 Å². The molecule has 38 heavy (non-hydrogen) atoms. The van der Waals surface area contributed by atoms with E-state index in [2.05, 4.69) is 13.8 Å². The lowest BCUT2D eigenvalue weighted by atomic mass is 10.0. The summed E-state index contributed by atoms with van der Waals surface area (Å²) in [5.74, 6) is 0. The van der Waals surface area contributed by atoms with Gasteiger partial charge in [0.2, 0.25) is 0 Å². The Kier molecular flexibility index (Phi) is 31.7. The van der Waals surface area contributed by atoms with Gasteiger partial charge >= 0.3 is 8.25 Å². The molecule has 0 aliphatic carbocycles. The molecule has 230 valence electrons. The molecule has 0 saturated heterocycles. The van der Waals surface area contributed by atoms with Gasteiger partial charge in [0.1, 0.15) is 0 Å². The summed E-state index contributed by atoms with van der Waals surface area (Å²) in [6, 6.07) is -0.129. The van der Waals surface area contributed by atoms with Crippen LogP contribution in [0.15, 0.2) is 0 Å². The highest BCUT2D eigenvalue weighted by atomic mass is 31.1. The van der Waals surface area contributed by atoms with Crippen molar-refractivity contribution >= 4 is 8.25 Å². The second-order valence-electron chi connectivity index (χ2n) is 11.7. The van der Waals surface area contributed by atoms with Gasteiger partial charge in [-0.3, -0.25) is 4.57 Å². The Morgan fingerprint density at radius 2 is 0.684 bits per heavy atom. The first-order valence-electron chi connectivity index (χ1n) is 16.9. The molecule has 0 heterocycles. The van der Waals surface area contributed by atoms with Crippen LogP contribution in [0.2, 0.25) is 0 Å². The van der Waals surface area contributed by atoms with Gasteiger partial charge in [0.15, 0.2) is 0 Å². The van der Waals surface area contributed by atoms with Crippen LogP contribution in [0, 0.1) is 0 Å². The first-order chi connectivity index (χ1) is 18.6. The van der Waals surface area contributed by atoms with E-state index in [-0.39, 0.29) is 12.1 Å². The van der Waals surface area contributed by atoms with E-state index >= 15 is 0 Å². The predicted molar refractivity (Wildman–Crippen MR) is 168 cm³/mol. The fourth-order valence-corrected chi connectivity index (χ4v) is 5.84. The third-order valence-corrected chi connectivity index (χ3v) is 8.49. The van der Waals surface area contributed by atoms with E-state index in [1.54, 1.807) is 0 Å². The van der Waals surface area contributed by atoms with E-state index in [4.69, 9.17) is 20.5 Å². The number of hydrogen-bond acceptors (Lipinski definition) is 5. The molecule has 6 heteroatoms. The standard InChI is InChI=1S/C32H69N2O3P/c1-3-5-7-9-11-13-15-17-19-21-23-25-27-31(33)29-36-38(35)37-30-32(34)28-26-24-22-20-18-16-14-12-10-8-6-4-2/h31-32,38H,3-30,33-34H2,1-2H3. The minimum atomic E-state index is -2.50. The second-order valence-corrected chi connectivity index (χ2v) is 12.8. The third kappa shape index (κ3) is 30.6. The van der Waals surface area contributed by atoms with E-state index in [1.165, 1.54) is 141 Å². The van der Waals surface area contributed by atoms with Gasteiger partial charge in [-0.15, -0.1) is 0 Å².